The van der Waals surface area contributed by atoms with Gasteiger partial charge in [0.2, 0.25) is 0 Å². The Morgan fingerprint density at radius 2 is 1.76 bits per heavy atom. The molecule has 17 heavy (non-hydrogen) atoms. The van der Waals surface area contributed by atoms with Gasteiger partial charge in [-0.1, -0.05) is 0 Å². The molecule has 0 aromatic heterocycles. The summed E-state index contributed by atoms with van der Waals surface area (Å²) in [5.41, 5.74) is 0. The van der Waals surface area contributed by atoms with E-state index in [1.165, 1.54) is 0 Å². The van der Waals surface area contributed by atoms with Crippen molar-refractivity contribution in [1.29, 1.82) is 0 Å². The van der Waals surface area contributed by atoms with Gasteiger partial charge in [-0.25, -0.2) is 0 Å². The first kappa shape index (κ1) is 13.8. The first-order chi connectivity index (χ1) is 7.80. The summed E-state index contributed by atoms with van der Waals surface area (Å²) in [6, 6.07) is 0. The predicted octanol–water partition coefficient (Wildman–Crippen LogP) is 1.65. The molecule has 0 atom stereocenters. The second-order valence-electron chi connectivity index (χ2n) is 4.17. The molecule has 1 saturated heterocycles. The number of carboxylic acid groups (broad SMARTS) is 1. The van der Waals surface area contributed by atoms with Gasteiger partial charge in [-0.15, -0.1) is 0 Å². The Labute approximate surface area is 96.4 Å². The summed E-state index contributed by atoms with van der Waals surface area (Å²) in [6.45, 7) is 0.116. The summed E-state index contributed by atoms with van der Waals surface area (Å²) in [5, 5.41) is 8.48. The average molecular weight is 253 g/mol. The van der Waals surface area contributed by atoms with Crippen LogP contribution in [0.5, 0.6) is 0 Å². The van der Waals surface area contributed by atoms with E-state index < -0.39 is 18.1 Å². The molecule has 0 bridgehead atoms. The molecule has 0 spiro atoms. The highest BCUT2D eigenvalue weighted by molar-refractivity contribution is 5.81. The predicted molar refractivity (Wildman–Crippen MR) is 52.2 cm³/mol. The third kappa shape index (κ3) is 4.24. The van der Waals surface area contributed by atoms with Gasteiger partial charge in [-0.2, -0.15) is 13.2 Å². The standard InChI is InChI=1S/C10H14F3NO3/c11-10(12,13)9(17)14-5-3-7(4-6-14)1-2-8(15)16/h7H,1-6H2,(H,15,16). The van der Waals surface area contributed by atoms with Gasteiger partial charge in [0.25, 0.3) is 0 Å². The van der Waals surface area contributed by atoms with Gasteiger partial charge < -0.3 is 10.0 Å². The number of aliphatic carboxylic acids is 1. The maximum Gasteiger partial charge on any atom is 0.471 e. The summed E-state index contributed by atoms with van der Waals surface area (Å²) < 4.78 is 36.3. The van der Waals surface area contributed by atoms with Gasteiger partial charge in [-0.05, 0) is 25.2 Å². The van der Waals surface area contributed by atoms with E-state index in [0.717, 1.165) is 4.90 Å². The first-order valence-corrected chi connectivity index (χ1v) is 5.38. The highest BCUT2D eigenvalue weighted by Gasteiger charge is 2.43. The third-order valence-corrected chi connectivity index (χ3v) is 2.91. The van der Waals surface area contributed by atoms with Crippen LogP contribution in [0.1, 0.15) is 25.7 Å². The molecule has 7 heteroatoms. The smallest absolute Gasteiger partial charge is 0.471 e. The highest BCUT2D eigenvalue weighted by Crippen LogP contribution is 2.25. The van der Waals surface area contributed by atoms with Crippen LogP contribution in [0.25, 0.3) is 0 Å². The molecular weight excluding hydrogens is 239 g/mol. The van der Waals surface area contributed by atoms with Crippen molar-refractivity contribution >= 4 is 11.9 Å². The number of amides is 1. The maximum atomic E-state index is 12.1. The first-order valence-electron chi connectivity index (χ1n) is 5.38. The number of carboxylic acids is 1. The molecule has 0 aliphatic carbocycles. The van der Waals surface area contributed by atoms with Crippen molar-refractivity contribution in [3.63, 3.8) is 0 Å². The van der Waals surface area contributed by atoms with Crippen LogP contribution < -0.4 is 0 Å². The Kier molecular flexibility index (Phi) is 4.36. The van der Waals surface area contributed by atoms with Crippen molar-refractivity contribution in [3.05, 3.63) is 0 Å². The minimum atomic E-state index is -4.81. The van der Waals surface area contributed by atoms with Crippen LogP contribution in [0.4, 0.5) is 13.2 Å². The Bertz CT molecular complexity index is 296. The van der Waals surface area contributed by atoms with Crippen LogP contribution in [0.2, 0.25) is 0 Å². The van der Waals surface area contributed by atoms with E-state index in [0.29, 0.717) is 19.3 Å². The zero-order valence-electron chi connectivity index (χ0n) is 9.16. The molecule has 1 rings (SSSR count). The van der Waals surface area contributed by atoms with E-state index in [4.69, 9.17) is 5.11 Å². The second kappa shape index (κ2) is 5.37. The lowest BCUT2D eigenvalue weighted by Gasteiger charge is -2.32. The molecule has 0 aromatic carbocycles. The molecule has 0 aromatic rings. The molecule has 1 aliphatic heterocycles. The SMILES string of the molecule is O=C(O)CCC1CCN(C(=O)C(F)(F)F)CC1. The topological polar surface area (TPSA) is 57.6 Å². The number of nitrogens with zero attached hydrogens (tertiary/aromatic N) is 1. The largest absolute Gasteiger partial charge is 0.481 e. The van der Waals surface area contributed by atoms with E-state index in [-0.39, 0.29) is 25.4 Å². The molecule has 1 heterocycles. The average Bonchev–Trinajstić information content (AvgIpc) is 2.25. The summed E-state index contributed by atoms with van der Waals surface area (Å²) in [7, 11) is 0. The highest BCUT2D eigenvalue weighted by atomic mass is 19.4. The van der Waals surface area contributed by atoms with Gasteiger partial charge in [0.05, 0.1) is 0 Å². The number of likely N-dealkylation sites (tertiary alicyclic amines) is 1. The van der Waals surface area contributed by atoms with Crippen molar-refractivity contribution in [2.45, 2.75) is 31.9 Å². The van der Waals surface area contributed by atoms with Crippen molar-refractivity contribution < 1.29 is 27.9 Å². The number of halogens is 3. The molecule has 1 aliphatic rings. The quantitative estimate of drug-likeness (QED) is 0.832. The monoisotopic (exact) mass is 253 g/mol. The van der Waals surface area contributed by atoms with E-state index >= 15 is 0 Å². The van der Waals surface area contributed by atoms with Crippen LogP contribution in [-0.2, 0) is 9.59 Å². The van der Waals surface area contributed by atoms with E-state index in [1.807, 2.05) is 0 Å². The van der Waals surface area contributed by atoms with Crippen molar-refractivity contribution in [3.8, 4) is 0 Å². The number of rotatable bonds is 3. The van der Waals surface area contributed by atoms with E-state index in [1.54, 1.807) is 0 Å². The number of alkyl halides is 3. The number of hydrogen-bond donors (Lipinski definition) is 1. The Morgan fingerprint density at radius 3 is 2.18 bits per heavy atom. The fourth-order valence-corrected chi connectivity index (χ4v) is 1.93. The molecule has 4 nitrogen and oxygen atoms in total. The Morgan fingerprint density at radius 1 is 1.24 bits per heavy atom. The van der Waals surface area contributed by atoms with Gasteiger partial charge >= 0.3 is 18.1 Å². The molecule has 1 N–H and O–H groups in total. The molecule has 0 unspecified atom stereocenters. The molecule has 98 valence electrons. The summed E-state index contributed by atoms with van der Waals surface area (Å²) in [5.74, 6) is -2.60. The van der Waals surface area contributed by atoms with Crippen molar-refractivity contribution in [1.82, 2.24) is 4.90 Å². The Hall–Kier alpha value is -1.27. The minimum absolute atomic E-state index is 0.0257. The summed E-state index contributed by atoms with van der Waals surface area (Å²) >= 11 is 0. The van der Waals surface area contributed by atoms with Gasteiger partial charge in [0.1, 0.15) is 0 Å². The lowest BCUT2D eigenvalue weighted by molar-refractivity contribution is -0.186. The molecule has 1 fully saturated rings. The number of piperidine rings is 1. The molecular formula is C10H14F3NO3. The lowest BCUT2D eigenvalue weighted by Crippen LogP contribution is -2.45. The van der Waals surface area contributed by atoms with Crippen molar-refractivity contribution in [2.75, 3.05) is 13.1 Å². The summed E-state index contributed by atoms with van der Waals surface area (Å²) in [6.07, 6.45) is -3.45. The lowest BCUT2D eigenvalue weighted by atomic mass is 9.92. The van der Waals surface area contributed by atoms with Crippen LogP contribution in [0, 0.1) is 5.92 Å². The normalized spacial score (nSPS) is 18.2. The fourth-order valence-electron chi connectivity index (χ4n) is 1.93. The second-order valence-corrected chi connectivity index (χ2v) is 4.17. The fraction of sp³-hybridized carbons (Fsp3) is 0.800. The van der Waals surface area contributed by atoms with Crippen molar-refractivity contribution in [2.24, 2.45) is 5.92 Å². The van der Waals surface area contributed by atoms with E-state index in [9.17, 15) is 22.8 Å². The van der Waals surface area contributed by atoms with Crippen LogP contribution in [-0.4, -0.2) is 41.1 Å². The summed E-state index contributed by atoms with van der Waals surface area (Å²) in [4.78, 5) is 22.0. The number of carbonyl (C=O) groups is 2. The molecule has 0 radical (unpaired) electrons. The van der Waals surface area contributed by atoms with Gasteiger partial charge in [-0.3, -0.25) is 9.59 Å². The van der Waals surface area contributed by atoms with E-state index in [2.05, 4.69) is 0 Å². The number of carbonyl (C=O) groups excluding carboxylic acids is 1. The Balaban J connectivity index is 2.36. The third-order valence-electron chi connectivity index (χ3n) is 2.91. The zero-order valence-corrected chi connectivity index (χ0v) is 9.16. The minimum Gasteiger partial charge on any atom is -0.481 e. The maximum absolute atomic E-state index is 12.1. The van der Waals surface area contributed by atoms with Crippen LogP contribution in [0.15, 0.2) is 0 Å². The van der Waals surface area contributed by atoms with Gasteiger partial charge in [0.15, 0.2) is 0 Å². The number of hydrogen-bond acceptors (Lipinski definition) is 2. The van der Waals surface area contributed by atoms with Crippen LogP contribution >= 0.6 is 0 Å². The molecule has 0 saturated carbocycles. The zero-order chi connectivity index (χ0) is 13.1. The molecule has 1 amide bonds. The van der Waals surface area contributed by atoms with Crippen LogP contribution in [0.3, 0.4) is 0 Å². The van der Waals surface area contributed by atoms with Gasteiger partial charge in [0, 0.05) is 19.5 Å².